The summed E-state index contributed by atoms with van der Waals surface area (Å²) in [6, 6.07) is 3.25. The van der Waals surface area contributed by atoms with Crippen LogP contribution < -0.4 is 9.64 Å². The number of nitrogens with zero attached hydrogens (tertiary/aromatic N) is 3. The molecule has 4 nitrogen and oxygen atoms in total. The molecule has 19 heavy (non-hydrogen) atoms. The van der Waals surface area contributed by atoms with Crippen LogP contribution in [0.5, 0.6) is 5.88 Å². The molecule has 0 amide bonds. The topological polar surface area (TPSA) is 38.2 Å². The Balaban J connectivity index is 1.85. The molecule has 3 unspecified atom stereocenters. The normalized spacial score (nSPS) is 30.2. The van der Waals surface area contributed by atoms with Gasteiger partial charge in [0, 0.05) is 18.2 Å². The standard InChI is InChI=1S/C15H23N3O/c1-3-19-15-9-14(16-10-17-15)18-11(2)8-12-6-4-5-7-13(12)18/h9-13H,3-8H2,1-2H3. The predicted octanol–water partition coefficient (Wildman–Crippen LogP) is 3.03. The van der Waals surface area contributed by atoms with Gasteiger partial charge in [0.2, 0.25) is 5.88 Å². The molecule has 1 saturated carbocycles. The Hall–Kier alpha value is -1.32. The highest BCUT2D eigenvalue weighted by molar-refractivity contribution is 5.45. The van der Waals surface area contributed by atoms with Crippen molar-refractivity contribution in [3.63, 3.8) is 0 Å². The fraction of sp³-hybridized carbons (Fsp3) is 0.733. The van der Waals surface area contributed by atoms with Crippen LogP contribution in [0, 0.1) is 5.92 Å². The molecule has 1 aliphatic carbocycles. The smallest absolute Gasteiger partial charge is 0.218 e. The Bertz CT molecular complexity index is 437. The molecular weight excluding hydrogens is 238 g/mol. The second kappa shape index (κ2) is 5.35. The van der Waals surface area contributed by atoms with Gasteiger partial charge in [-0.2, -0.15) is 0 Å². The second-order valence-electron chi connectivity index (χ2n) is 5.75. The number of hydrogen-bond donors (Lipinski definition) is 0. The maximum Gasteiger partial charge on any atom is 0.218 e. The number of hydrogen-bond acceptors (Lipinski definition) is 4. The van der Waals surface area contributed by atoms with E-state index in [4.69, 9.17) is 4.74 Å². The van der Waals surface area contributed by atoms with E-state index in [9.17, 15) is 0 Å². The summed E-state index contributed by atoms with van der Waals surface area (Å²) in [5.74, 6) is 2.59. The van der Waals surface area contributed by atoms with Crippen LogP contribution in [-0.4, -0.2) is 28.7 Å². The summed E-state index contributed by atoms with van der Waals surface area (Å²) in [5.41, 5.74) is 0. The van der Waals surface area contributed by atoms with Gasteiger partial charge in [-0.05, 0) is 39.0 Å². The minimum Gasteiger partial charge on any atom is -0.478 e. The fourth-order valence-corrected chi connectivity index (χ4v) is 3.80. The highest BCUT2D eigenvalue weighted by atomic mass is 16.5. The van der Waals surface area contributed by atoms with Gasteiger partial charge in [-0.25, -0.2) is 9.97 Å². The van der Waals surface area contributed by atoms with E-state index in [2.05, 4.69) is 21.8 Å². The third kappa shape index (κ3) is 2.40. The summed E-state index contributed by atoms with van der Waals surface area (Å²) in [6.07, 6.45) is 8.38. The molecule has 0 N–H and O–H groups in total. The number of fused-ring (bicyclic) bond motifs is 1. The van der Waals surface area contributed by atoms with Crippen molar-refractivity contribution in [2.24, 2.45) is 5.92 Å². The molecule has 1 aromatic rings. The van der Waals surface area contributed by atoms with E-state index in [-0.39, 0.29) is 0 Å². The molecule has 0 radical (unpaired) electrons. The summed E-state index contributed by atoms with van der Waals surface area (Å²) in [5, 5.41) is 0. The van der Waals surface area contributed by atoms with Gasteiger partial charge in [-0.1, -0.05) is 12.8 Å². The Morgan fingerprint density at radius 3 is 3.00 bits per heavy atom. The highest BCUT2D eigenvalue weighted by Crippen LogP contribution is 2.41. The van der Waals surface area contributed by atoms with E-state index in [0.717, 1.165) is 11.7 Å². The van der Waals surface area contributed by atoms with Gasteiger partial charge >= 0.3 is 0 Å². The first kappa shape index (κ1) is 12.7. The minimum absolute atomic E-state index is 0.581. The van der Waals surface area contributed by atoms with Crippen LogP contribution in [0.2, 0.25) is 0 Å². The van der Waals surface area contributed by atoms with E-state index in [1.165, 1.54) is 32.1 Å². The van der Waals surface area contributed by atoms with Crippen LogP contribution in [0.3, 0.4) is 0 Å². The molecule has 4 heteroatoms. The van der Waals surface area contributed by atoms with Crippen LogP contribution in [0.1, 0.15) is 46.0 Å². The lowest BCUT2D eigenvalue weighted by molar-refractivity contribution is 0.325. The molecule has 2 heterocycles. The Morgan fingerprint density at radius 1 is 1.32 bits per heavy atom. The SMILES string of the molecule is CCOc1cc(N2C(C)CC3CCCCC32)ncn1. The predicted molar refractivity (Wildman–Crippen MR) is 75.5 cm³/mol. The molecule has 0 spiro atoms. The lowest BCUT2D eigenvalue weighted by Gasteiger charge is -2.34. The largest absolute Gasteiger partial charge is 0.478 e. The zero-order valence-corrected chi connectivity index (χ0v) is 11.9. The van der Waals surface area contributed by atoms with Gasteiger partial charge in [0.1, 0.15) is 12.1 Å². The summed E-state index contributed by atoms with van der Waals surface area (Å²) in [4.78, 5) is 11.2. The maximum absolute atomic E-state index is 5.50. The lowest BCUT2D eigenvalue weighted by atomic mass is 9.85. The summed E-state index contributed by atoms with van der Waals surface area (Å²) in [6.45, 7) is 4.95. The van der Waals surface area contributed by atoms with E-state index >= 15 is 0 Å². The lowest BCUT2D eigenvalue weighted by Crippen LogP contribution is -2.38. The van der Waals surface area contributed by atoms with E-state index in [1.54, 1.807) is 6.33 Å². The van der Waals surface area contributed by atoms with Crippen LogP contribution in [-0.2, 0) is 0 Å². The zero-order chi connectivity index (χ0) is 13.2. The summed E-state index contributed by atoms with van der Waals surface area (Å²) < 4.78 is 5.50. The average molecular weight is 261 g/mol. The van der Waals surface area contributed by atoms with Gasteiger partial charge in [-0.3, -0.25) is 0 Å². The van der Waals surface area contributed by atoms with E-state index < -0.39 is 0 Å². The second-order valence-corrected chi connectivity index (χ2v) is 5.75. The zero-order valence-electron chi connectivity index (χ0n) is 11.9. The van der Waals surface area contributed by atoms with Crippen molar-refractivity contribution >= 4 is 5.82 Å². The van der Waals surface area contributed by atoms with Gasteiger partial charge in [0.25, 0.3) is 0 Å². The molecule has 2 aliphatic rings. The van der Waals surface area contributed by atoms with E-state index in [0.29, 0.717) is 24.6 Å². The van der Waals surface area contributed by atoms with E-state index in [1.807, 2.05) is 13.0 Å². The van der Waals surface area contributed by atoms with Crippen molar-refractivity contribution in [1.29, 1.82) is 0 Å². The van der Waals surface area contributed by atoms with Crippen LogP contribution in [0.25, 0.3) is 0 Å². The van der Waals surface area contributed by atoms with Crippen molar-refractivity contribution in [3.05, 3.63) is 12.4 Å². The molecule has 3 atom stereocenters. The molecular formula is C15H23N3O. The molecule has 3 rings (SSSR count). The van der Waals surface area contributed by atoms with Crippen molar-refractivity contribution in [1.82, 2.24) is 9.97 Å². The Morgan fingerprint density at radius 2 is 2.16 bits per heavy atom. The quantitative estimate of drug-likeness (QED) is 0.838. The molecule has 1 aromatic heterocycles. The van der Waals surface area contributed by atoms with Gasteiger partial charge in [-0.15, -0.1) is 0 Å². The van der Waals surface area contributed by atoms with Gasteiger partial charge < -0.3 is 9.64 Å². The van der Waals surface area contributed by atoms with Crippen LogP contribution in [0.4, 0.5) is 5.82 Å². The molecule has 1 aliphatic heterocycles. The fourth-order valence-electron chi connectivity index (χ4n) is 3.80. The van der Waals surface area contributed by atoms with Crippen molar-refractivity contribution in [2.75, 3.05) is 11.5 Å². The number of aromatic nitrogens is 2. The number of anilines is 1. The Labute approximate surface area is 115 Å². The Kier molecular flexibility index (Phi) is 3.58. The van der Waals surface area contributed by atoms with Gasteiger partial charge in [0.15, 0.2) is 0 Å². The third-order valence-corrected chi connectivity index (χ3v) is 4.53. The van der Waals surface area contributed by atoms with Crippen LogP contribution in [0.15, 0.2) is 12.4 Å². The first-order valence-corrected chi connectivity index (χ1v) is 7.52. The van der Waals surface area contributed by atoms with Crippen molar-refractivity contribution < 1.29 is 4.74 Å². The monoisotopic (exact) mass is 261 g/mol. The molecule has 1 saturated heterocycles. The molecule has 0 aromatic carbocycles. The number of rotatable bonds is 3. The minimum atomic E-state index is 0.581. The molecule has 0 bridgehead atoms. The average Bonchev–Trinajstić information content (AvgIpc) is 2.75. The molecule has 104 valence electrons. The highest BCUT2D eigenvalue weighted by Gasteiger charge is 2.40. The maximum atomic E-state index is 5.50. The number of ether oxygens (including phenoxy) is 1. The van der Waals surface area contributed by atoms with Crippen molar-refractivity contribution in [3.8, 4) is 5.88 Å². The summed E-state index contributed by atoms with van der Waals surface area (Å²) >= 11 is 0. The summed E-state index contributed by atoms with van der Waals surface area (Å²) in [7, 11) is 0. The van der Waals surface area contributed by atoms with Gasteiger partial charge in [0.05, 0.1) is 6.61 Å². The van der Waals surface area contributed by atoms with Crippen molar-refractivity contribution in [2.45, 2.75) is 58.0 Å². The first-order chi connectivity index (χ1) is 9.29. The molecule has 2 fully saturated rings. The van der Waals surface area contributed by atoms with Crippen LogP contribution >= 0.6 is 0 Å². The third-order valence-electron chi connectivity index (χ3n) is 4.53. The first-order valence-electron chi connectivity index (χ1n) is 7.52.